The first-order valence-corrected chi connectivity index (χ1v) is 7.16. The molecule has 0 saturated carbocycles. The second kappa shape index (κ2) is 4.34. The van der Waals surface area contributed by atoms with E-state index >= 15 is 0 Å². The Labute approximate surface area is 117 Å². The number of nitrogens with zero attached hydrogens (tertiary/aromatic N) is 1. The van der Waals surface area contributed by atoms with Crippen LogP contribution in [0.1, 0.15) is 18.9 Å². The van der Waals surface area contributed by atoms with Crippen LogP contribution >= 0.6 is 0 Å². The van der Waals surface area contributed by atoms with E-state index in [1.54, 1.807) is 0 Å². The van der Waals surface area contributed by atoms with E-state index in [4.69, 9.17) is 4.98 Å². The number of aryl methyl sites for hydroxylation is 1. The zero-order valence-electron chi connectivity index (χ0n) is 11.5. The van der Waals surface area contributed by atoms with Gasteiger partial charge in [0.05, 0.1) is 5.52 Å². The molecule has 1 N–H and O–H groups in total. The first-order chi connectivity index (χ1) is 9.88. The number of aromatic nitrogens is 2. The van der Waals surface area contributed by atoms with Gasteiger partial charge >= 0.3 is 0 Å². The lowest BCUT2D eigenvalue weighted by atomic mass is 9.99. The van der Waals surface area contributed by atoms with E-state index in [1.807, 2.05) is 0 Å². The second-order valence-electron chi connectivity index (χ2n) is 5.25. The molecule has 0 atom stereocenters. The van der Waals surface area contributed by atoms with Crippen LogP contribution in [0.5, 0.6) is 0 Å². The fourth-order valence-corrected chi connectivity index (χ4v) is 3.11. The second-order valence-corrected chi connectivity index (χ2v) is 5.25. The molecule has 0 radical (unpaired) electrons. The Bertz CT molecular complexity index is 919. The average Bonchev–Trinajstić information content (AvgIpc) is 2.85. The zero-order valence-corrected chi connectivity index (χ0v) is 11.5. The minimum Gasteiger partial charge on any atom is -0.339 e. The number of rotatable bonds is 2. The molecule has 2 aromatic heterocycles. The number of fused-ring (bicyclic) bond motifs is 4. The lowest BCUT2D eigenvalue weighted by Crippen LogP contribution is -1.91. The Balaban J connectivity index is 2.26. The smallest absolute Gasteiger partial charge is 0.139 e. The first kappa shape index (κ1) is 11.5. The monoisotopic (exact) mass is 260 g/mol. The van der Waals surface area contributed by atoms with Crippen LogP contribution in [0.3, 0.4) is 0 Å². The van der Waals surface area contributed by atoms with E-state index in [0.717, 1.165) is 24.0 Å². The van der Waals surface area contributed by atoms with Crippen molar-refractivity contribution in [3.8, 4) is 0 Å². The zero-order chi connectivity index (χ0) is 13.5. The van der Waals surface area contributed by atoms with Crippen molar-refractivity contribution in [2.24, 2.45) is 0 Å². The summed E-state index contributed by atoms with van der Waals surface area (Å²) >= 11 is 0. The third kappa shape index (κ3) is 1.54. The predicted octanol–water partition coefficient (Wildman–Crippen LogP) is 4.82. The Morgan fingerprint density at radius 1 is 0.950 bits per heavy atom. The Morgan fingerprint density at radius 2 is 1.70 bits per heavy atom. The maximum atomic E-state index is 4.80. The average molecular weight is 260 g/mol. The molecule has 98 valence electrons. The van der Waals surface area contributed by atoms with Crippen molar-refractivity contribution in [1.29, 1.82) is 0 Å². The fourth-order valence-electron chi connectivity index (χ4n) is 3.11. The highest BCUT2D eigenvalue weighted by Crippen LogP contribution is 2.32. The summed E-state index contributed by atoms with van der Waals surface area (Å²) in [4.78, 5) is 8.26. The molecule has 0 unspecified atom stereocenters. The van der Waals surface area contributed by atoms with Gasteiger partial charge in [-0.25, -0.2) is 4.98 Å². The molecule has 2 nitrogen and oxygen atoms in total. The Hall–Kier alpha value is -2.35. The van der Waals surface area contributed by atoms with Crippen LogP contribution in [0.25, 0.3) is 32.8 Å². The van der Waals surface area contributed by atoms with Gasteiger partial charge < -0.3 is 4.98 Å². The van der Waals surface area contributed by atoms with Crippen LogP contribution in [0.4, 0.5) is 0 Å². The highest BCUT2D eigenvalue weighted by atomic mass is 14.9. The maximum absolute atomic E-state index is 4.80. The van der Waals surface area contributed by atoms with Gasteiger partial charge in [-0.05, 0) is 24.1 Å². The molecule has 2 heteroatoms. The lowest BCUT2D eigenvalue weighted by molar-refractivity contribution is 0.936. The molecule has 20 heavy (non-hydrogen) atoms. The number of nitrogens with one attached hydrogen (secondary N) is 1. The summed E-state index contributed by atoms with van der Waals surface area (Å²) in [5, 5.41) is 3.86. The molecule has 4 aromatic rings. The summed E-state index contributed by atoms with van der Waals surface area (Å²) in [6.45, 7) is 2.23. The van der Waals surface area contributed by atoms with Gasteiger partial charge in [-0.2, -0.15) is 0 Å². The van der Waals surface area contributed by atoms with Gasteiger partial charge in [-0.15, -0.1) is 0 Å². The van der Waals surface area contributed by atoms with E-state index in [-0.39, 0.29) is 0 Å². The number of para-hydroxylation sites is 2. The van der Waals surface area contributed by atoms with Crippen molar-refractivity contribution in [3.05, 3.63) is 54.1 Å². The van der Waals surface area contributed by atoms with Crippen LogP contribution in [0.2, 0.25) is 0 Å². The molecule has 0 fully saturated rings. The molecule has 0 bridgehead atoms. The molecule has 0 aliphatic rings. The molecule has 2 heterocycles. The van der Waals surface area contributed by atoms with E-state index < -0.39 is 0 Å². The predicted molar refractivity (Wildman–Crippen MR) is 85.1 cm³/mol. The van der Waals surface area contributed by atoms with Gasteiger partial charge in [0, 0.05) is 21.7 Å². The third-order valence-electron chi connectivity index (χ3n) is 3.95. The highest BCUT2D eigenvalue weighted by Gasteiger charge is 2.13. The van der Waals surface area contributed by atoms with Crippen molar-refractivity contribution in [2.45, 2.75) is 19.8 Å². The molecule has 0 aliphatic heterocycles. The molecule has 0 aliphatic carbocycles. The van der Waals surface area contributed by atoms with Crippen LogP contribution in [-0.4, -0.2) is 9.97 Å². The molecule has 0 amide bonds. The standard InChI is InChI=1S/C18H16N2/c1-2-7-13-12-8-3-5-10-15(12)19-18-17(13)14-9-4-6-11-16(14)20-18/h3-6,8-11H,2,7H2,1H3,(H,19,20). The van der Waals surface area contributed by atoms with Crippen LogP contribution in [0, 0.1) is 0 Å². The molecular formula is C18H16N2. The third-order valence-corrected chi connectivity index (χ3v) is 3.95. The number of hydrogen-bond donors (Lipinski definition) is 1. The van der Waals surface area contributed by atoms with Gasteiger partial charge in [0.15, 0.2) is 0 Å². The summed E-state index contributed by atoms with van der Waals surface area (Å²) < 4.78 is 0. The highest BCUT2D eigenvalue weighted by molar-refractivity contribution is 6.12. The van der Waals surface area contributed by atoms with Crippen LogP contribution < -0.4 is 0 Å². The molecule has 2 aromatic carbocycles. The fraction of sp³-hybridized carbons (Fsp3) is 0.167. The molecule has 0 spiro atoms. The van der Waals surface area contributed by atoms with Gasteiger partial charge in [0.25, 0.3) is 0 Å². The van der Waals surface area contributed by atoms with Crippen molar-refractivity contribution in [2.75, 3.05) is 0 Å². The van der Waals surface area contributed by atoms with Gasteiger partial charge in [-0.3, -0.25) is 0 Å². The quantitative estimate of drug-likeness (QED) is 0.550. The number of H-pyrrole nitrogens is 1. The van der Waals surface area contributed by atoms with Crippen molar-refractivity contribution in [3.63, 3.8) is 0 Å². The normalized spacial score (nSPS) is 11.7. The molecule has 0 saturated heterocycles. The Kier molecular flexibility index (Phi) is 2.49. The summed E-state index contributed by atoms with van der Waals surface area (Å²) in [5.41, 5.74) is 4.68. The first-order valence-electron chi connectivity index (χ1n) is 7.16. The summed E-state index contributed by atoms with van der Waals surface area (Å²) in [7, 11) is 0. The number of aromatic amines is 1. The SMILES string of the molecule is CCCc1c2ccccc2nc2[nH]c3ccccc3c12. The summed E-state index contributed by atoms with van der Waals surface area (Å²) in [5.74, 6) is 0. The minimum absolute atomic E-state index is 1.01. The minimum atomic E-state index is 1.01. The van der Waals surface area contributed by atoms with Crippen molar-refractivity contribution >= 4 is 32.8 Å². The maximum Gasteiger partial charge on any atom is 0.139 e. The van der Waals surface area contributed by atoms with E-state index in [0.29, 0.717) is 0 Å². The van der Waals surface area contributed by atoms with E-state index in [1.165, 1.54) is 27.2 Å². The van der Waals surface area contributed by atoms with E-state index in [9.17, 15) is 0 Å². The number of hydrogen-bond acceptors (Lipinski definition) is 1. The lowest BCUT2D eigenvalue weighted by Gasteiger charge is -2.07. The molecular weight excluding hydrogens is 244 g/mol. The number of benzene rings is 2. The van der Waals surface area contributed by atoms with Gasteiger partial charge in [-0.1, -0.05) is 49.7 Å². The van der Waals surface area contributed by atoms with Gasteiger partial charge in [0.2, 0.25) is 0 Å². The topological polar surface area (TPSA) is 28.7 Å². The van der Waals surface area contributed by atoms with Gasteiger partial charge in [0.1, 0.15) is 5.65 Å². The van der Waals surface area contributed by atoms with Crippen molar-refractivity contribution in [1.82, 2.24) is 9.97 Å². The van der Waals surface area contributed by atoms with Crippen LogP contribution in [0.15, 0.2) is 48.5 Å². The van der Waals surface area contributed by atoms with Crippen LogP contribution in [-0.2, 0) is 6.42 Å². The number of pyridine rings is 1. The Morgan fingerprint density at radius 3 is 2.55 bits per heavy atom. The summed E-state index contributed by atoms with van der Waals surface area (Å²) in [6, 6.07) is 16.9. The van der Waals surface area contributed by atoms with Crippen molar-refractivity contribution < 1.29 is 0 Å². The summed E-state index contributed by atoms with van der Waals surface area (Å²) in [6.07, 6.45) is 2.23. The molecule has 4 rings (SSSR count). The van der Waals surface area contributed by atoms with E-state index in [2.05, 4.69) is 60.4 Å². The largest absolute Gasteiger partial charge is 0.339 e.